The second kappa shape index (κ2) is 7.23. The molecule has 2 heterocycles. The molecule has 0 atom stereocenters. The number of imidazole rings is 1. The summed E-state index contributed by atoms with van der Waals surface area (Å²) >= 11 is 0. The fourth-order valence-corrected chi connectivity index (χ4v) is 2.17. The molecule has 0 N–H and O–H groups in total. The Morgan fingerprint density at radius 2 is 1.62 bits per heavy atom. The van der Waals surface area contributed by atoms with Gasteiger partial charge in [-0.2, -0.15) is 0 Å². The van der Waals surface area contributed by atoms with Crippen molar-refractivity contribution in [1.29, 1.82) is 0 Å². The highest BCUT2D eigenvalue weighted by molar-refractivity contribution is 8.13. The Morgan fingerprint density at radius 3 is 2.17 bits per heavy atom. The molecule has 0 amide bonds. The molecule has 0 aliphatic rings. The zero-order valence-corrected chi connectivity index (χ0v) is 15.6. The van der Waals surface area contributed by atoms with Gasteiger partial charge in [0.05, 0.1) is 11.9 Å². The van der Waals surface area contributed by atoms with E-state index in [4.69, 9.17) is 0 Å². The lowest BCUT2D eigenvalue weighted by Crippen LogP contribution is -2.07. The monoisotopic (exact) mass is 365 g/mol. The number of hydrogen-bond acceptors (Lipinski definition) is 4. The van der Waals surface area contributed by atoms with Crippen LogP contribution in [-0.2, 0) is 9.05 Å². The third-order valence-corrected chi connectivity index (χ3v) is 3.28. The van der Waals surface area contributed by atoms with Crippen LogP contribution in [0.5, 0.6) is 0 Å². The molecule has 0 unspecified atom stereocenters. The number of anilines is 1. The summed E-state index contributed by atoms with van der Waals surface area (Å²) in [5.41, 5.74) is 5.57. The molecule has 7 heteroatoms. The molecule has 0 saturated carbocycles. The van der Waals surface area contributed by atoms with Crippen LogP contribution in [0.1, 0.15) is 5.56 Å². The van der Waals surface area contributed by atoms with Crippen molar-refractivity contribution in [2.24, 2.45) is 0 Å². The average Bonchev–Trinajstić information content (AvgIpc) is 2.88. The van der Waals surface area contributed by atoms with Crippen molar-refractivity contribution in [2.75, 3.05) is 25.3 Å². The van der Waals surface area contributed by atoms with Crippen molar-refractivity contribution in [2.45, 2.75) is 6.92 Å². The summed E-state index contributed by atoms with van der Waals surface area (Å²) in [6.45, 7) is 2.09. The first-order valence-corrected chi connectivity index (χ1v) is 9.98. The Hall–Kier alpha value is -2.05. The second-order valence-corrected chi connectivity index (χ2v) is 8.77. The lowest BCUT2D eigenvalue weighted by molar-refractivity contribution is 0.615. The van der Waals surface area contributed by atoms with Crippen molar-refractivity contribution >= 4 is 31.1 Å². The zero-order valence-electron chi connectivity index (χ0n) is 14.1. The fourth-order valence-electron chi connectivity index (χ4n) is 2.17. The van der Waals surface area contributed by atoms with Gasteiger partial charge in [0, 0.05) is 48.4 Å². The number of benzene rings is 1. The third-order valence-electron chi connectivity index (χ3n) is 3.28. The molecule has 3 aromatic rings. The Labute approximate surface area is 146 Å². The molecule has 0 radical (unpaired) electrons. The normalized spacial score (nSPS) is 11.0. The number of halogens is 1. The number of hydrogen-bond donors (Lipinski definition) is 0. The van der Waals surface area contributed by atoms with Crippen LogP contribution in [0.15, 0.2) is 48.8 Å². The Kier molecular flexibility index (Phi) is 5.51. The van der Waals surface area contributed by atoms with E-state index in [0.717, 1.165) is 23.2 Å². The predicted molar refractivity (Wildman–Crippen MR) is 100 cm³/mol. The van der Waals surface area contributed by atoms with Gasteiger partial charge < -0.3 is 9.30 Å². The van der Waals surface area contributed by atoms with Gasteiger partial charge in [-0.25, -0.2) is 13.4 Å². The molecule has 1 aromatic carbocycles. The summed E-state index contributed by atoms with van der Waals surface area (Å²) in [6, 6.07) is 12.6. The number of rotatable bonds is 2. The van der Waals surface area contributed by atoms with Crippen LogP contribution in [0.25, 0.3) is 16.9 Å². The first-order valence-electron chi connectivity index (χ1n) is 7.26. The molecule has 0 saturated heterocycles. The van der Waals surface area contributed by atoms with E-state index in [1.165, 1.54) is 11.3 Å². The summed E-state index contributed by atoms with van der Waals surface area (Å²) in [7, 11) is 5.40. The predicted octanol–water partition coefficient (Wildman–Crippen LogP) is 3.56. The molecule has 3 rings (SSSR count). The lowest BCUT2D eigenvalue weighted by atomic mass is 10.1. The number of fused-ring (bicyclic) bond motifs is 1. The fraction of sp³-hybridized carbons (Fsp3) is 0.235. The molecule has 128 valence electrons. The topological polar surface area (TPSA) is 54.7 Å². The van der Waals surface area contributed by atoms with Gasteiger partial charge in [0.15, 0.2) is 0 Å². The van der Waals surface area contributed by atoms with E-state index in [1.807, 2.05) is 20.2 Å². The van der Waals surface area contributed by atoms with Crippen LogP contribution in [-0.4, -0.2) is 38.2 Å². The van der Waals surface area contributed by atoms with E-state index in [-0.39, 0.29) is 0 Å². The third kappa shape index (κ3) is 5.25. The second-order valence-electron chi connectivity index (χ2n) is 5.72. The smallest absolute Gasteiger partial charge is 0.229 e. The molecule has 24 heavy (non-hydrogen) atoms. The van der Waals surface area contributed by atoms with Gasteiger partial charge in [0.1, 0.15) is 5.65 Å². The summed E-state index contributed by atoms with van der Waals surface area (Å²) < 4.78 is 20.9. The quantitative estimate of drug-likeness (QED) is 0.651. The maximum atomic E-state index is 9.40. The maximum Gasteiger partial charge on any atom is 0.229 e. The molecule has 5 nitrogen and oxygen atoms in total. The Bertz CT molecular complexity index is 924. The standard InChI is InChI=1S/C16H17N3.CH3ClO2S/c1-12-4-9-16-17-15(11-19(16)10-12)13-5-7-14(8-6-13)18(2)3;1-5(2,3)4/h4-11H,1-3H3;1H3. The van der Waals surface area contributed by atoms with Crippen LogP contribution in [0.2, 0.25) is 0 Å². The molecule has 0 aliphatic heterocycles. The van der Waals surface area contributed by atoms with Crippen molar-refractivity contribution in [3.05, 3.63) is 54.4 Å². The van der Waals surface area contributed by atoms with Gasteiger partial charge in [0.2, 0.25) is 9.05 Å². The highest BCUT2D eigenvalue weighted by Gasteiger charge is 2.04. The van der Waals surface area contributed by atoms with Crippen molar-refractivity contribution in [3.63, 3.8) is 0 Å². The zero-order chi connectivity index (χ0) is 17.9. The number of nitrogens with zero attached hydrogens (tertiary/aromatic N) is 3. The average molecular weight is 366 g/mol. The summed E-state index contributed by atoms with van der Waals surface area (Å²) in [4.78, 5) is 6.74. The van der Waals surface area contributed by atoms with E-state index < -0.39 is 9.05 Å². The largest absolute Gasteiger partial charge is 0.378 e. The Morgan fingerprint density at radius 1 is 1.04 bits per heavy atom. The van der Waals surface area contributed by atoms with Crippen molar-refractivity contribution in [3.8, 4) is 11.3 Å². The Balaban J connectivity index is 0.000000368. The van der Waals surface area contributed by atoms with Crippen molar-refractivity contribution in [1.82, 2.24) is 9.38 Å². The van der Waals surface area contributed by atoms with E-state index in [9.17, 15) is 8.42 Å². The molecule has 0 spiro atoms. The molecular weight excluding hydrogens is 346 g/mol. The number of pyridine rings is 1. The highest BCUT2D eigenvalue weighted by atomic mass is 35.7. The summed E-state index contributed by atoms with van der Waals surface area (Å²) in [5.74, 6) is 0. The summed E-state index contributed by atoms with van der Waals surface area (Å²) in [6.07, 6.45) is 5.10. The summed E-state index contributed by atoms with van der Waals surface area (Å²) in [5, 5.41) is 0. The van der Waals surface area contributed by atoms with Gasteiger partial charge >= 0.3 is 0 Å². The molecule has 0 fully saturated rings. The number of aromatic nitrogens is 2. The van der Waals surface area contributed by atoms with Gasteiger partial charge in [-0.1, -0.05) is 18.2 Å². The first kappa shape index (κ1) is 18.3. The SMILES string of the molecule is CS(=O)(=O)Cl.Cc1ccc2nc(-c3ccc(N(C)C)cc3)cn2c1. The first-order chi connectivity index (χ1) is 11.1. The van der Waals surface area contributed by atoms with E-state index in [1.54, 1.807) is 0 Å². The van der Waals surface area contributed by atoms with Crippen LogP contribution >= 0.6 is 10.7 Å². The van der Waals surface area contributed by atoms with E-state index in [2.05, 4.69) is 74.6 Å². The number of aryl methyl sites for hydroxylation is 1. The van der Waals surface area contributed by atoms with Crippen LogP contribution in [0, 0.1) is 6.92 Å². The minimum Gasteiger partial charge on any atom is -0.378 e. The van der Waals surface area contributed by atoms with Crippen LogP contribution < -0.4 is 4.90 Å². The van der Waals surface area contributed by atoms with Gasteiger partial charge in [-0.05, 0) is 30.7 Å². The van der Waals surface area contributed by atoms with Gasteiger partial charge in [0.25, 0.3) is 0 Å². The molecular formula is C17H20ClN3O2S. The van der Waals surface area contributed by atoms with Crippen LogP contribution in [0.3, 0.4) is 0 Å². The van der Waals surface area contributed by atoms with E-state index >= 15 is 0 Å². The lowest BCUT2D eigenvalue weighted by Gasteiger charge is -2.12. The molecule has 0 aliphatic carbocycles. The minimum absolute atomic E-state index is 0.925. The molecule has 2 aromatic heterocycles. The van der Waals surface area contributed by atoms with E-state index in [0.29, 0.717) is 0 Å². The minimum atomic E-state index is -3.19. The van der Waals surface area contributed by atoms with Crippen LogP contribution in [0.4, 0.5) is 5.69 Å². The molecule has 0 bridgehead atoms. The van der Waals surface area contributed by atoms with Gasteiger partial charge in [-0.15, -0.1) is 0 Å². The van der Waals surface area contributed by atoms with Gasteiger partial charge in [-0.3, -0.25) is 0 Å². The maximum absolute atomic E-state index is 9.40. The highest BCUT2D eigenvalue weighted by Crippen LogP contribution is 2.22. The van der Waals surface area contributed by atoms with Crippen molar-refractivity contribution < 1.29 is 8.42 Å².